The number of nitrogens with zero attached hydrogens (tertiary/aromatic N) is 1. The summed E-state index contributed by atoms with van der Waals surface area (Å²) in [7, 11) is 1.71. The van der Waals surface area contributed by atoms with Crippen molar-refractivity contribution in [2.75, 3.05) is 7.05 Å². The summed E-state index contributed by atoms with van der Waals surface area (Å²) in [5.41, 5.74) is 2.62. The van der Waals surface area contributed by atoms with E-state index in [0.717, 1.165) is 9.35 Å². The molecule has 1 aromatic heterocycles. The molecule has 0 saturated heterocycles. The van der Waals surface area contributed by atoms with Crippen LogP contribution in [0.15, 0.2) is 21.0 Å². The van der Waals surface area contributed by atoms with Crippen molar-refractivity contribution < 1.29 is 0 Å². The lowest BCUT2D eigenvalue weighted by atomic mass is 10.5. The van der Waals surface area contributed by atoms with E-state index in [4.69, 9.17) is 11.6 Å². The summed E-state index contributed by atoms with van der Waals surface area (Å²) in [5.74, 6) is 0. The van der Waals surface area contributed by atoms with Crippen LogP contribution in [0.4, 0.5) is 0 Å². The second-order valence-corrected chi connectivity index (χ2v) is 3.85. The van der Waals surface area contributed by atoms with Crippen LogP contribution in [0.5, 0.6) is 0 Å². The zero-order chi connectivity index (χ0) is 8.27. The SMILES string of the molecule is CN/N=C(\Cl)c1sccc1Br. The Hall–Kier alpha value is -0.0600. The molecule has 0 spiro atoms. The molecule has 0 radical (unpaired) electrons. The van der Waals surface area contributed by atoms with Gasteiger partial charge in [0.15, 0.2) is 5.17 Å². The number of halogens is 2. The van der Waals surface area contributed by atoms with Crippen LogP contribution in [0.2, 0.25) is 0 Å². The van der Waals surface area contributed by atoms with E-state index in [1.807, 2.05) is 11.4 Å². The smallest absolute Gasteiger partial charge is 0.167 e. The quantitative estimate of drug-likeness (QED) is 0.636. The first-order valence-electron chi connectivity index (χ1n) is 2.89. The standard InChI is InChI=1S/C6H6BrClN2S/c1-9-10-6(8)5-4(7)2-3-11-5/h2-3,9H,1H3/b10-6-. The Bertz CT molecular complexity index is 271. The van der Waals surface area contributed by atoms with E-state index in [1.165, 1.54) is 0 Å². The van der Waals surface area contributed by atoms with Gasteiger partial charge in [0.25, 0.3) is 0 Å². The molecule has 60 valence electrons. The topological polar surface area (TPSA) is 24.4 Å². The molecule has 1 N–H and O–H groups in total. The summed E-state index contributed by atoms with van der Waals surface area (Å²) in [6.07, 6.45) is 0. The van der Waals surface area contributed by atoms with Gasteiger partial charge in [-0.1, -0.05) is 11.6 Å². The number of hydrazone groups is 1. The highest BCUT2D eigenvalue weighted by molar-refractivity contribution is 9.10. The molecule has 11 heavy (non-hydrogen) atoms. The van der Waals surface area contributed by atoms with Crippen LogP contribution in [0, 0.1) is 0 Å². The number of nitrogens with one attached hydrogen (secondary N) is 1. The summed E-state index contributed by atoms with van der Waals surface area (Å²) >= 11 is 10.7. The van der Waals surface area contributed by atoms with Crippen LogP contribution in [0.25, 0.3) is 0 Å². The van der Waals surface area contributed by atoms with Gasteiger partial charge in [-0.2, -0.15) is 5.10 Å². The van der Waals surface area contributed by atoms with Crippen molar-refractivity contribution in [3.63, 3.8) is 0 Å². The average Bonchev–Trinajstić information content (AvgIpc) is 2.36. The van der Waals surface area contributed by atoms with E-state index in [9.17, 15) is 0 Å². The van der Waals surface area contributed by atoms with Gasteiger partial charge in [-0.05, 0) is 27.4 Å². The lowest BCUT2D eigenvalue weighted by Gasteiger charge is -1.93. The Labute approximate surface area is 82.4 Å². The van der Waals surface area contributed by atoms with Gasteiger partial charge in [-0.15, -0.1) is 11.3 Å². The first kappa shape index (κ1) is 9.03. The maximum atomic E-state index is 5.82. The van der Waals surface area contributed by atoms with E-state index < -0.39 is 0 Å². The molecule has 0 fully saturated rings. The van der Waals surface area contributed by atoms with E-state index in [0.29, 0.717) is 5.17 Å². The highest BCUT2D eigenvalue weighted by atomic mass is 79.9. The lowest BCUT2D eigenvalue weighted by Crippen LogP contribution is -1.99. The Morgan fingerprint density at radius 3 is 3.00 bits per heavy atom. The molecular weight excluding hydrogens is 248 g/mol. The van der Waals surface area contributed by atoms with Crippen LogP contribution in [-0.2, 0) is 0 Å². The third kappa shape index (κ3) is 2.18. The van der Waals surface area contributed by atoms with Crippen molar-refractivity contribution >= 4 is 44.0 Å². The van der Waals surface area contributed by atoms with E-state index in [1.54, 1.807) is 18.4 Å². The number of hydrogen-bond acceptors (Lipinski definition) is 3. The molecule has 0 amide bonds. The molecule has 0 aliphatic carbocycles. The van der Waals surface area contributed by atoms with Crippen LogP contribution in [0.3, 0.4) is 0 Å². The first-order chi connectivity index (χ1) is 5.25. The first-order valence-corrected chi connectivity index (χ1v) is 4.94. The number of thiophene rings is 1. The summed E-state index contributed by atoms with van der Waals surface area (Å²) in [6.45, 7) is 0. The average molecular weight is 254 g/mol. The van der Waals surface area contributed by atoms with Crippen LogP contribution in [0.1, 0.15) is 4.88 Å². The predicted octanol–water partition coefficient (Wildman–Crippen LogP) is 2.63. The highest BCUT2D eigenvalue weighted by Gasteiger charge is 2.05. The molecule has 0 bridgehead atoms. The van der Waals surface area contributed by atoms with Crippen LogP contribution >= 0.6 is 38.9 Å². The molecule has 0 aliphatic heterocycles. The Morgan fingerprint density at radius 2 is 2.55 bits per heavy atom. The zero-order valence-corrected chi connectivity index (χ0v) is 8.92. The van der Waals surface area contributed by atoms with Crippen molar-refractivity contribution in [2.24, 2.45) is 5.10 Å². The maximum absolute atomic E-state index is 5.82. The van der Waals surface area contributed by atoms with Crippen molar-refractivity contribution in [2.45, 2.75) is 0 Å². The van der Waals surface area contributed by atoms with Crippen molar-refractivity contribution in [1.82, 2.24) is 5.43 Å². The Balaban J connectivity index is 2.92. The van der Waals surface area contributed by atoms with Crippen LogP contribution in [-0.4, -0.2) is 12.2 Å². The van der Waals surface area contributed by atoms with E-state index >= 15 is 0 Å². The highest BCUT2D eigenvalue weighted by Crippen LogP contribution is 2.24. The maximum Gasteiger partial charge on any atom is 0.167 e. The van der Waals surface area contributed by atoms with E-state index in [-0.39, 0.29) is 0 Å². The summed E-state index contributed by atoms with van der Waals surface area (Å²) in [6, 6.07) is 1.94. The zero-order valence-electron chi connectivity index (χ0n) is 5.77. The summed E-state index contributed by atoms with van der Waals surface area (Å²) < 4.78 is 0.978. The minimum absolute atomic E-state index is 0.481. The number of rotatable bonds is 2. The normalized spacial score (nSPS) is 11.7. The molecule has 0 saturated carbocycles. The molecule has 5 heteroatoms. The molecule has 1 aromatic rings. The molecular formula is C6H6BrClN2S. The van der Waals surface area contributed by atoms with Gasteiger partial charge in [0, 0.05) is 11.5 Å². The van der Waals surface area contributed by atoms with Gasteiger partial charge >= 0.3 is 0 Å². The largest absolute Gasteiger partial charge is 0.312 e. The lowest BCUT2D eigenvalue weighted by molar-refractivity contribution is 0.906. The van der Waals surface area contributed by atoms with E-state index in [2.05, 4.69) is 26.5 Å². The molecule has 0 aliphatic rings. The van der Waals surface area contributed by atoms with Crippen molar-refractivity contribution in [3.8, 4) is 0 Å². The van der Waals surface area contributed by atoms with Crippen molar-refractivity contribution in [1.29, 1.82) is 0 Å². The fourth-order valence-electron chi connectivity index (χ4n) is 0.590. The minimum Gasteiger partial charge on any atom is -0.312 e. The monoisotopic (exact) mass is 252 g/mol. The van der Waals surface area contributed by atoms with Gasteiger partial charge in [-0.25, -0.2) is 0 Å². The molecule has 0 atom stereocenters. The van der Waals surface area contributed by atoms with Crippen molar-refractivity contribution in [3.05, 3.63) is 20.8 Å². The summed E-state index contributed by atoms with van der Waals surface area (Å²) in [4.78, 5) is 0.945. The van der Waals surface area contributed by atoms with Gasteiger partial charge < -0.3 is 5.43 Å². The summed E-state index contributed by atoms with van der Waals surface area (Å²) in [5, 5.41) is 6.27. The molecule has 1 rings (SSSR count). The molecule has 0 aromatic carbocycles. The Morgan fingerprint density at radius 1 is 1.82 bits per heavy atom. The second kappa shape index (κ2) is 4.09. The molecule has 0 unspecified atom stereocenters. The van der Waals surface area contributed by atoms with Crippen LogP contribution < -0.4 is 5.43 Å². The van der Waals surface area contributed by atoms with Gasteiger partial charge in [-0.3, -0.25) is 0 Å². The van der Waals surface area contributed by atoms with Gasteiger partial charge in [0.2, 0.25) is 0 Å². The Kier molecular flexibility index (Phi) is 3.36. The molecule has 2 nitrogen and oxygen atoms in total. The fraction of sp³-hybridized carbons (Fsp3) is 0.167. The third-order valence-electron chi connectivity index (χ3n) is 1.01. The van der Waals surface area contributed by atoms with Gasteiger partial charge in [0.1, 0.15) is 0 Å². The predicted molar refractivity (Wildman–Crippen MR) is 53.5 cm³/mol. The molecule has 1 heterocycles. The third-order valence-corrected chi connectivity index (χ3v) is 3.24. The fourth-order valence-corrected chi connectivity index (χ4v) is 2.46. The minimum atomic E-state index is 0.481. The second-order valence-electron chi connectivity index (χ2n) is 1.72. The van der Waals surface area contributed by atoms with Gasteiger partial charge in [0.05, 0.1) is 4.88 Å². The number of hydrogen-bond donors (Lipinski definition) is 1.